The molecule has 1 aliphatic carbocycles. The number of aliphatic carboxylic acids is 1. The Balaban J connectivity index is 2.12. The Labute approximate surface area is 131 Å². The summed E-state index contributed by atoms with van der Waals surface area (Å²) in [6.45, 7) is 0. The zero-order valence-corrected chi connectivity index (χ0v) is 12.3. The van der Waals surface area contributed by atoms with Gasteiger partial charge in [-0.2, -0.15) is 0 Å². The van der Waals surface area contributed by atoms with Crippen LogP contribution in [0.2, 0.25) is 10.0 Å². The summed E-state index contributed by atoms with van der Waals surface area (Å²) in [6, 6.07) is 4.96. The zero-order valence-electron chi connectivity index (χ0n) is 10.8. The summed E-state index contributed by atoms with van der Waals surface area (Å²) in [5, 5.41) is 13.7. The fourth-order valence-electron chi connectivity index (χ4n) is 2.41. The molecule has 1 unspecified atom stereocenters. The Hall–Kier alpha value is -1.97. The van der Waals surface area contributed by atoms with Crippen molar-refractivity contribution in [1.29, 1.82) is 0 Å². The zero-order chi connectivity index (χ0) is 15.0. The quantitative estimate of drug-likeness (QED) is 0.871. The van der Waals surface area contributed by atoms with Crippen LogP contribution in [-0.2, 0) is 4.79 Å². The highest BCUT2D eigenvalue weighted by atomic mass is 35.5. The molecular weight excluding hydrogens is 309 g/mol. The molecule has 0 radical (unpaired) electrons. The number of hydrogen-bond acceptors (Lipinski definition) is 2. The van der Waals surface area contributed by atoms with Crippen LogP contribution in [0.5, 0.6) is 0 Å². The van der Waals surface area contributed by atoms with Gasteiger partial charge in [-0.05, 0) is 29.8 Å². The lowest BCUT2D eigenvalue weighted by Crippen LogP contribution is -2.33. The molecule has 0 amide bonds. The maximum Gasteiger partial charge on any atom is 0.336 e. The number of nitrogens with one attached hydrogen (secondary N) is 1. The standard InChI is InChI=1S/C16H11Cl2NO2/c17-9-5-6-11(13(18)7-9)15-8-12(16(20)21)10-3-1-2-4-14(10)19-15/h1-8,14,19H,(H,20,21). The van der Waals surface area contributed by atoms with Crippen LogP contribution in [0.1, 0.15) is 5.56 Å². The average Bonchev–Trinajstić information content (AvgIpc) is 2.46. The predicted octanol–water partition coefficient (Wildman–Crippen LogP) is 3.81. The van der Waals surface area contributed by atoms with Crippen molar-refractivity contribution >= 4 is 34.9 Å². The third-order valence-corrected chi connectivity index (χ3v) is 3.94. The maximum absolute atomic E-state index is 11.5. The van der Waals surface area contributed by atoms with Gasteiger partial charge in [0.05, 0.1) is 16.6 Å². The minimum absolute atomic E-state index is 0.173. The molecule has 1 aromatic carbocycles. The van der Waals surface area contributed by atoms with Gasteiger partial charge in [-0.15, -0.1) is 0 Å². The molecule has 3 rings (SSSR count). The smallest absolute Gasteiger partial charge is 0.336 e. The van der Waals surface area contributed by atoms with Gasteiger partial charge in [0.1, 0.15) is 0 Å². The van der Waals surface area contributed by atoms with Crippen molar-refractivity contribution in [3.05, 3.63) is 75.3 Å². The topological polar surface area (TPSA) is 49.3 Å². The van der Waals surface area contributed by atoms with Crippen molar-refractivity contribution in [2.75, 3.05) is 0 Å². The van der Waals surface area contributed by atoms with Gasteiger partial charge in [-0.3, -0.25) is 0 Å². The van der Waals surface area contributed by atoms with Crippen LogP contribution in [0, 0.1) is 0 Å². The van der Waals surface area contributed by atoms with Crippen LogP contribution in [0.25, 0.3) is 5.70 Å². The number of carbonyl (C=O) groups is 1. The molecule has 3 nitrogen and oxygen atoms in total. The Morgan fingerprint density at radius 2 is 2.05 bits per heavy atom. The summed E-state index contributed by atoms with van der Waals surface area (Å²) in [5.74, 6) is -0.959. The monoisotopic (exact) mass is 319 g/mol. The Kier molecular flexibility index (Phi) is 3.62. The average molecular weight is 320 g/mol. The molecule has 1 atom stereocenters. The van der Waals surface area contributed by atoms with E-state index in [1.165, 1.54) is 0 Å². The van der Waals surface area contributed by atoms with E-state index in [1.54, 1.807) is 30.4 Å². The predicted molar refractivity (Wildman–Crippen MR) is 84.3 cm³/mol. The Bertz CT molecular complexity index is 745. The summed E-state index contributed by atoms with van der Waals surface area (Å²) in [7, 11) is 0. The largest absolute Gasteiger partial charge is 0.478 e. The minimum Gasteiger partial charge on any atom is -0.478 e. The van der Waals surface area contributed by atoms with E-state index in [0.717, 1.165) is 11.1 Å². The summed E-state index contributed by atoms with van der Waals surface area (Å²) >= 11 is 12.1. The van der Waals surface area contributed by atoms with E-state index < -0.39 is 5.97 Å². The highest BCUT2D eigenvalue weighted by molar-refractivity contribution is 6.35. The van der Waals surface area contributed by atoms with E-state index in [-0.39, 0.29) is 11.6 Å². The van der Waals surface area contributed by atoms with E-state index >= 15 is 0 Å². The molecular formula is C16H11Cl2NO2. The highest BCUT2D eigenvalue weighted by Gasteiger charge is 2.25. The molecule has 0 aromatic heterocycles. The van der Waals surface area contributed by atoms with Crippen LogP contribution in [0.4, 0.5) is 0 Å². The molecule has 0 bridgehead atoms. The Morgan fingerprint density at radius 1 is 1.24 bits per heavy atom. The number of fused-ring (bicyclic) bond motifs is 1. The SMILES string of the molecule is O=C(O)C1=C2C=CC=CC2NC(c2ccc(Cl)cc2Cl)=C1. The van der Waals surface area contributed by atoms with Gasteiger partial charge >= 0.3 is 5.97 Å². The van der Waals surface area contributed by atoms with Crippen molar-refractivity contribution in [3.8, 4) is 0 Å². The first-order valence-corrected chi connectivity index (χ1v) is 7.08. The van der Waals surface area contributed by atoms with Gasteiger partial charge in [-0.1, -0.05) is 47.5 Å². The third-order valence-electron chi connectivity index (χ3n) is 3.39. The first-order chi connectivity index (χ1) is 10.1. The third kappa shape index (κ3) is 2.62. The fourth-order valence-corrected chi connectivity index (χ4v) is 2.92. The molecule has 0 spiro atoms. The van der Waals surface area contributed by atoms with E-state index in [4.69, 9.17) is 23.2 Å². The van der Waals surface area contributed by atoms with E-state index in [9.17, 15) is 9.90 Å². The lowest BCUT2D eigenvalue weighted by Gasteiger charge is -2.28. The van der Waals surface area contributed by atoms with E-state index in [1.807, 2.05) is 18.2 Å². The molecule has 1 aromatic rings. The summed E-state index contributed by atoms with van der Waals surface area (Å²) in [6.07, 6.45) is 9.03. The van der Waals surface area contributed by atoms with Gasteiger partial charge in [0, 0.05) is 16.3 Å². The van der Waals surface area contributed by atoms with E-state index in [2.05, 4.69) is 5.32 Å². The number of halogens is 2. The molecule has 5 heteroatoms. The summed E-state index contributed by atoms with van der Waals surface area (Å²) in [5.41, 5.74) is 2.39. The van der Waals surface area contributed by atoms with Crippen LogP contribution >= 0.6 is 23.2 Å². The number of hydrogen-bond donors (Lipinski definition) is 2. The van der Waals surface area contributed by atoms with Crippen molar-refractivity contribution in [3.63, 3.8) is 0 Å². The Morgan fingerprint density at radius 3 is 2.76 bits per heavy atom. The molecule has 2 N–H and O–H groups in total. The van der Waals surface area contributed by atoms with Crippen LogP contribution in [-0.4, -0.2) is 17.1 Å². The van der Waals surface area contributed by atoms with Gasteiger partial charge in [-0.25, -0.2) is 4.79 Å². The number of carboxylic acids is 1. The van der Waals surface area contributed by atoms with Crippen molar-refractivity contribution in [2.24, 2.45) is 0 Å². The number of carboxylic acid groups (broad SMARTS) is 1. The molecule has 21 heavy (non-hydrogen) atoms. The molecule has 1 aliphatic heterocycles. The van der Waals surface area contributed by atoms with Crippen molar-refractivity contribution < 1.29 is 9.90 Å². The van der Waals surface area contributed by atoms with Gasteiger partial charge in [0.25, 0.3) is 0 Å². The summed E-state index contributed by atoms with van der Waals surface area (Å²) < 4.78 is 0. The van der Waals surface area contributed by atoms with Crippen molar-refractivity contribution in [2.45, 2.75) is 6.04 Å². The van der Waals surface area contributed by atoms with Gasteiger partial charge < -0.3 is 10.4 Å². The molecule has 2 aliphatic rings. The van der Waals surface area contributed by atoms with E-state index in [0.29, 0.717) is 15.7 Å². The second kappa shape index (κ2) is 5.43. The molecule has 0 saturated heterocycles. The lowest BCUT2D eigenvalue weighted by atomic mass is 9.91. The van der Waals surface area contributed by atoms with Gasteiger partial charge in [0.15, 0.2) is 0 Å². The summed E-state index contributed by atoms with van der Waals surface area (Å²) in [4.78, 5) is 11.5. The van der Waals surface area contributed by atoms with Crippen LogP contribution < -0.4 is 5.32 Å². The lowest BCUT2D eigenvalue weighted by molar-refractivity contribution is -0.132. The number of allylic oxidation sites excluding steroid dienone is 2. The number of benzene rings is 1. The first-order valence-electron chi connectivity index (χ1n) is 6.32. The highest BCUT2D eigenvalue weighted by Crippen LogP contribution is 2.32. The van der Waals surface area contributed by atoms with Crippen LogP contribution in [0.3, 0.4) is 0 Å². The number of dihydropyridines is 1. The molecule has 0 fully saturated rings. The molecule has 1 heterocycles. The minimum atomic E-state index is -0.959. The normalized spacial score (nSPS) is 19.9. The van der Waals surface area contributed by atoms with Gasteiger partial charge in [0.2, 0.25) is 0 Å². The van der Waals surface area contributed by atoms with Crippen LogP contribution in [0.15, 0.2) is 59.7 Å². The molecule has 106 valence electrons. The second-order valence-corrected chi connectivity index (χ2v) is 5.57. The second-order valence-electron chi connectivity index (χ2n) is 4.72. The van der Waals surface area contributed by atoms with Crippen molar-refractivity contribution in [1.82, 2.24) is 5.32 Å². The maximum atomic E-state index is 11.5. The molecule has 0 saturated carbocycles. The number of rotatable bonds is 2. The first kappa shape index (κ1) is 14.0. The fraction of sp³-hybridized carbons (Fsp3) is 0.0625.